The van der Waals surface area contributed by atoms with E-state index >= 15 is 0 Å². The Kier molecular flexibility index (Phi) is 6.85. The number of carbonyl (C=O) groups excluding carboxylic acids is 1. The number of hydrogen-bond acceptors (Lipinski definition) is 3. The summed E-state index contributed by atoms with van der Waals surface area (Å²) in [5.41, 5.74) is 2.16. The van der Waals surface area contributed by atoms with Crippen molar-refractivity contribution in [3.63, 3.8) is 0 Å². The zero-order chi connectivity index (χ0) is 19.1. The third kappa shape index (κ3) is 4.87. The fourth-order valence-electron chi connectivity index (χ4n) is 3.46. The molecule has 2 amide bonds. The standard InChI is InChI=1S/C21H31N5O/c1-3-5-14-22-21(27)26(18-12-10-17(4-2)11-13-18)16-20-24-23-19-9-7-6-8-15-25(19)20/h10-13H,3-9,14-16H2,1-2H3,(H,22,27). The lowest BCUT2D eigenvalue weighted by Crippen LogP contribution is -2.40. The van der Waals surface area contributed by atoms with Gasteiger partial charge in [0.25, 0.3) is 0 Å². The second kappa shape index (κ2) is 9.53. The van der Waals surface area contributed by atoms with Crippen molar-refractivity contribution in [3.8, 4) is 0 Å². The first-order chi connectivity index (χ1) is 13.2. The smallest absolute Gasteiger partial charge is 0.322 e. The summed E-state index contributed by atoms with van der Waals surface area (Å²) in [5, 5.41) is 11.8. The maximum atomic E-state index is 12.9. The van der Waals surface area contributed by atoms with E-state index in [1.807, 2.05) is 12.1 Å². The minimum Gasteiger partial charge on any atom is -0.338 e. The summed E-state index contributed by atoms with van der Waals surface area (Å²) in [4.78, 5) is 14.7. The zero-order valence-corrected chi connectivity index (χ0v) is 16.6. The minimum atomic E-state index is -0.0707. The Labute approximate surface area is 162 Å². The summed E-state index contributed by atoms with van der Waals surface area (Å²) < 4.78 is 2.21. The molecule has 1 aliphatic rings. The van der Waals surface area contributed by atoms with Gasteiger partial charge in [-0.2, -0.15) is 0 Å². The number of unbranched alkanes of at least 4 members (excludes halogenated alkanes) is 1. The Morgan fingerprint density at radius 2 is 1.96 bits per heavy atom. The van der Waals surface area contributed by atoms with Gasteiger partial charge in [0.15, 0.2) is 5.82 Å². The van der Waals surface area contributed by atoms with Crippen LogP contribution in [-0.2, 0) is 25.9 Å². The summed E-state index contributed by atoms with van der Waals surface area (Å²) >= 11 is 0. The number of urea groups is 1. The van der Waals surface area contributed by atoms with Gasteiger partial charge in [0, 0.05) is 25.2 Å². The van der Waals surface area contributed by atoms with Crippen molar-refractivity contribution in [1.82, 2.24) is 20.1 Å². The predicted octanol–water partition coefficient (Wildman–Crippen LogP) is 4.08. The Hall–Kier alpha value is -2.37. The fourth-order valence-corrected chi connectivity index (χ4v) is 3.46. The third-order valence-corrected chi connectivity index (χ3v) is 5.19. The summed E-state index contributed by atoms with van der Waals surface area (Å²) in [6, 6.07) is 8.16. The van der Waals surface area contributed by atoms with E-state index < -0.39 is 0 Å². The van der Waals surface area contributed by atoms with Gasteiger partial charge in [-0.15, -0.1) is 10.2 Å². The number of aromatic nitrogens is 3. The number of amides is 2. The molecule has 0 spiro atoms. The second-order valence-electron chi connectivity index (χ2n) is 7.19. The van der Waals surface area contributed by atoms with Gasteiger partial charge in [-0.25, -0.2) is 4.79 Å². The first-order valence-corrected chi connectivity index (χ1v) is 10.3. The van der Waals surface area contributed by atoms with Gasteiger partial charge in [0.2, 0.25) is 0 Å². The lowest BCUT2D eigenvalue weighted by atomic mass is 10.1. The molecule has 6 heteroatoms. The molecule has 146 valence electrons. The summed E-state index contributed by atoms with van der Waals surface area (Å²) in [6.45, 7) is 6.33. The normalized spacial score (nSPS) is 13.7. The monoisotopic (exact) mass is 369 g/mol. The zero-order valence-electron chi connectivity index (χ0n) is 16.6. The average Bonchev–Trinajstić information content (AvgIpc) is 2.92. The summed E-state index contributed by atoms with van der Waals surface area (Å²) in [6.07, 6.45) is 7.53. The molecule has 6 nitrogen and oxygen atoms in total. The molecule has 0 saturated heterocycles. The molecule has 0 fully saturated rings. The van der Waals surface area contributed by atoms with Crippen LogP contribution in [0.4, 0.5) is 10.5 Å². The number of rotatable bonds is 7. The number of anilines is 1. The molecule has 0 saturated carbocycles. The van der Waals surface area contributed by atoms with E-state index in [2.05, 4.69) is 46.1 Å². The highest BCUT2D eigenvalue weighted by atomic mass is 16.2. The van der Waals surface area contributed by atoms with Crippen LogP contribution >= 0.6 is 0 Å². The van der Waals surface area contributed by atoms with Crippen LogP contribution in [0.15, 0.2) is 24.3 Å². The van der Waals surface area contributed by atoms with Gasteiger partial charge in [0.05, 0.1) is 6.54 Å². The van der Waals surface area contributed by atoms with E-state index in [0.29, 0.717) is 13.1 Å². The maximum Gasteiger partial charge on any atom is 0.322 e. The molecule has 0 unspecified atom stereocenters. The predicted molar refractivity (Wildman–Crippen MR) is 108 cm³/mol. The van der Waals surface area contributed by atoms with Crippen LogP contribution < -0.4 is 10.2 Å². The number of hydrogen-bond donors (Lipinski definition) is 1. The van der Waals surface area contributed by atoms with E-state index in [1.54, 1.807) is 4.90 Å². The van der Waals surface area contributed by atoms with Crippen molar-refractivity contribution < 1.29 is 4.79 Å². The van der Waals surface area contributed by atoms with Crippen LogP contribution in [-0.4, -0.2) is 27.3 Å². The van der Waals surface area contributed by atoms with Crippen LogP contribution in [0.3, 0.4) is 0 Å². The minimum absolute atomic E-state index is 0.0707. The summed E-state index contributed by atoms with van der Waals surface area (Å²) in [5.74, 6) is 1.92. The van der Waals surface area contributed by atoms with Crippen LogP contribution in [0.2, 0.25) is 0 Å². The third-order valence-electron chi connectivity index (χ3n) is 5.19. The lowest BCUT2D eigenvalue weighted by molar-refractivity contribution is 0.245. The lowest BCUT2D eigenvalue weighted by Gasteiger charge is -2.23. The molecular formula is C21H31N5O. The first kappa shape index (κ1) is 19.4. The highest BCUT2D eigenvalue weighted by Crippen LogP contribution is 2.21. The Balaban J connectivity index is 1.83. The molecule has 0 atom stereocenters. The molecule has 1 aliphatic heterocycles. The van der Waals surface area contributed by atoms with Gasteiger partial charge in [0.1, 0.15) is 5.82 Å². The maximum absolute atomic E-state index is 12.9. The van der Waals surface area contributed by atoms with E-state index in [9.17, 15) is 4.79 Å². The number of benzene rings is 1. The van der Waals surface area contributed by atoms with Crippen molar-refractivity contribution in [1.29, 1.82) is 0 Å². The number of carbonyl (C=O) groups is 1. The van der Waals surface area contributed by atoms with Gasteiger partial charge in [-0.1, -0.05) is 38.8 Å². The molecule has 1 aromatic heterocycles. The highest BCUT2D eigenvalue weighted by molar-refractivity contribution is 5.91. The number of nitrogens with zero attached hydrogens (tertiary/aromatic N) is 4. The Morgan fingerprint density at radius 1 is 1.15 bits per heavy atom. The molecule has 0 radical (unpaired) electrons. The fraction of sp³-hybridized carbons (Fsp3) is 0.571. The van der Waals surface area contributed by atoms with Crippen LogP contribution in [0.1, 0.15) is 63.2 Å². The average molecular weight is 370 g/mol. The largest absolute Gasteiger partial charge is 0.338 e. The van der Waals surface area contributed by atoms with Crippen LogP contribution in [0.25, 0.3) is 0 Å². The summed E-state index contributed by atoms with van der Waals surface area (Å²) in [7, 11) is 0. The molecule has 2 aromatic rings. The number of aryl methyl sites for hydroxylation is 2. The van der Waals surface area contributed by atoms with E-state index in [-0.39, 0.29) is 6.03 Å². The van der Waals surface area contributed by atoms with Crippen molar-refractivity contribution >= 4 is 11.7 Å². The van der Waals surface area contributed by atoms with Crippen LogP contribution in [0, 0.1) is 0 Å². The van der Waals surface area contributed by atoms with Crippen molar-refractivity contribution in [2.24, 2.45) is 0 Å². The topological polar surface area (TPSA) is 63.1 Å². The van der Waals surface area contributed by atoms with E-state index in [1.165, 1.54) is 12.0 Å². The molecular weight excluding hydrogens is 338 g/mol. The second-order valence-corrected chi connectivity index (χ2v) is 7.19. The molecule has 3 rings (SSSR count). The van der Waals surface area contributed by atoms with E-state index in [0.717, 1.165) is 62.4 Å². The van der Waals surface area contributed by atoms with E-state index in [4.69, 9.17) is 0 Å². The number of fused-ring (bicyclic) bond motifs is 1. The molecule has 0 aliphatic carbocycles. The first-order valence-electron chi connectivity index (χ1n) is 10.3. The molecule has 2 heterocycles. The van der Waals surface area contributed by atoms with Crippen molar-refractivity contribution in [2.45, 2.75) is 71.9 Å². The molecule has 1 aromatic carbocycles. The van der Waals surface area contributed by atoms with Gasteiger partial charge < -0.3 is 9.88 Å². The molecule has 27 heavy (non-hydrogen) atoms. The molecule has 0 bridgehead atoms. The number of nitrogens with one attached hydrogen (secondary N) is 1. The highest BCUT2D eigenvalue weighted by Gasteiger charge is 2.21. The Morgan fingerprint density at radius 3 is 2.70 bits per heavy atom. The van der Waals surface area contributed by atoms with Crippen LogP contribution in [0.5, 0.6) is 0 Å². The van der Waals surface area contributed by atoms with Crippen molar-refractivity contribution in [3.05, 3.63) is 41.5 Å². The van der Waals surface area contributed by atoms with Crippen molar-refractivity contribution in [2.75, 3.05) is 11.4 Å². The van der Waals surface area contributed by atoms with Gasteiger partial charge >= 0.3 is 6.03 Å². The quantitative estimate of drug-likeness (QED) is 0.748. The molecule has 1 N–H and O–H groups in total. The Bertz CT molecular complexity index is 738. The van der Waals surface area contributed by atoms with Gasteiger partial charge in [-0.05, 0) is 43.4 Å². The van der Waals surface area contributed by atoms with Gasteiger partial charge in [-0.3, -0.25) is 4.90 Å². The SMILES string of the molecule is CCCCNC(=O)N(Cc1nnc2n1CCCCC2)c1ccc(CC)cc1.